The van der Waals surface area contributed by atoms with Crippen LogP contribution in [0.5, 0.6) is 0 Å². The second-order valence-electron chi connectivity index (χ2n) is 9.79. The highest BCUT2D eigenvalue weighted by Crippen LogP contribution is 2.41. The first-order valence-electron chi connectivity index (χ1n) is 10.2. The first-order valence-corrected chi connectivity index (χ1v) is 14.2. The third-order valence-corrected chi connectivity index (χ3v) is 11.7. The van der Waals surface area contributed by atoms with Crippen molar-refractivity contribution >= 4 is 59.8 Å². The number of nitrogens with zero attached hydrogens (tertiary/aromatic N) is 4. The molecule has 2 atom stereocenters. The zero-order valence-corrected chi connectivity index (χ0v) is 21.8. The van der Waals surface area contributed by atoms with Gasteiger partial charge in [0.15, 0.2) is 19.3 Å². The van der Waals surface area contributed by atoms with Crippen LogP contribution in [0.15, 0.2) is 0 Å². The van der Waals surface area contributed by atoms with E-state index in [9.17, 15) is 9.50 Å². The molecule has 0 aromatic carbocycles. The summed E-state index contributed by atoms with van der Waals surface area (Å²) in [6, 6.07) is -0.445. The predicted molar refractivity (Wildman–Crippen MR) is 126 cm³/mol. The largest absolute Gasteiger partial charge is 0.415 e. The molecule has 2 aromatic heterocycles. The third-order valence-electron chi connectivity index (χ3n) is 6.51. The van der Waals surface area contributed by atoms with Crippen molar-refractivity contribution in [2.24, 2.45) is 0 Å². The van der Waals surface area contributed by atoms with E-state index in [0.717, 1.165) is 0 Å². The van der Waals surface area contributed by atoms with Gasteiger partial charge in [0.25, 0.3) is 0 Å². The SMILES string of the molecule is CC(C)(C)[Si](C)(C)OC[C@H]1N(c2nc(Cl)nc3c(F)c(Cl)nc(Cl)c23)CCC[C@]1(C)O. The quantitative estimate of drug-likeness (QED) is 0.316. The van der Waals surface area contributed by atoms with Gasteiger partial charge in [-0.05, 0) is 49.5 Å². The number of piperidine rings is 1. The van der Waals surface area contributed by atoms with Crippen LogP contribution in [0.2, 0.25) is 33.7 Å². The molecule has 0 radical (unpaired) electrons. The molecule has 0 saturated carbocycles. The van der Waals surface area contributed by atoms with Gasteiger partial charge in [0.2, 0.25) is 5.28 Å². The first kappa shape index (κ1) is 24.9. The molecule has 0 unspecified atom stereocenters. The van der Waals surface area contributed by atoms with Crippen molar-refractivity contribution in [2.75, 3.05) is 18.1 Å². The summed E-state index contributed by atoms with van der Waals surface area (Å²) in [7, 11) is -2.09. The minimum Gasteiger partial charge on any atom is -0.415 e. The van der Waals surface area contributed by atoms with E-state index >= 15 is 0 Å². The van der Waals surface area contributed by atoms with Crippen molar-refractivity contribution < 1.29 is 13.9 Å². The molecule has 3 rings (SSSR count). The van der Waals surface area contributed by atoms with E-state index in [-0.39, 0.29) is 38.1 Å². The second-order valence-corrected chi connectivity index (χ2v) is 15.7. The van der Waals surface area contributed by atoms with E-state index in [1.54, 1.807) is 6.92 Å². The van der Waals surface area contributed by atoms with Gasteiger partial charge in [-0.25, -0.2) is 14.4 Å². The maximum absolute atomic E-state index is 14.7. The van der Waals surface area contributed by atoms with Crippen LogP contribution in [-0.2, 0) is 4.43 Å². The van der Waals surface area contributed by atoms with E-state index < -0.39 is 25.8 Å². The maximum atomic E-state index is 14.7. The fraction of sp³-hybridized carbons (Fsp3) is 0.650. The number of hydrogen-bond donors (Lipinski definition) is 1. The molecular formula is C20H28Cl3FN4O2Si. The molecule has 1 fully saturated rings. The van der Waals surface area contributed by atoms with Crippen molar-refractivity contribution in [1.29, 1.82) is 0 Å². The molecule has 1 aliphatic rings. The Bertz CT molecular complexity index is 1000. The summed E-state index contributed by atoms with van der Waals surface area (Å²) in [5, 5.41) is 10.9. The Morgan fingerprint density at radius 3 is 2.45 bits per heavy atom. The van der Waals surface area contributed by atoms with Gasteiger partial charge in [0.1, 0.15) is 16.5 Å². The molecule has 0 amide bonds. The van der Waals surface area contributed by atoms with Crippen LogP contribution in [0.4, 0.5) is 10.2 Å². The molecule has 0 bridgehead atoms. The van der Waals surface area contributed by atoms with Crippen LogP contribution < -0.4 is 4.90 Å². The number of anilines is 1. The highest BCUT2D eigenvalue weighted by molar-refractivity contribution is 6.74. The van der Waals surface area contributed by atoms with E-state index in [4.69, 9.17) is 39.2 Å². The number of aliphatic hydroxyl groups is 1. The van der Waals surface area contributed by atoms with Gasteiger partial charge < -0.3 is 14.4 Å². The molecule has 172 valence electrons. The van der Waals surface area contributed by atoms with Crippen molar-refractivity contribution in [3.05, 3.63) is 21.4 Å². The summed E-state index contributed by atoms with van der Waals surface area (Å²) >= 11 is 18.3. The average Bonchev–Trinajstić information content (AvgIpc) is 2.62. The van der Waals surface area contributed by atoms with Crippen LogP contribution in [0.1, 0.15) is 40.5 Å². The lowest BCUT2D eigenvalue weighted by Gasteiger charge is -2.48. The third kappa shape index (κ3) is 4.79. The van der Waals surface area contributed by atoms with Crippen LogP contribution in [0.25, 0.3) is 10.9 Å². The van der Waals surface area contributed by atoms with Gasteiger partial charge in [0.05, 0.1) is 23.6 Å². The van der Waals surface area contributed by atoms with Gasteiger partial charge in [0, 0.05) is 6.54 Å². The maximum Gasteiger partial charge on any atom is 0.225 e. The van der Waals surface area contributed by atoms with Crippen molar-refractivity contribution in [3.8, 4) is 0 Å². The molecule has 0 spiro atoms. The average molecular weight is 510 g/mol. The van der Waals surface area contributed by atoms with Crippen LogP contribution in [0, 0.1) is 5.82 Å². The molecule has 1 saturated heterocycles. The standard InChI is InChI=1S/C20H28Cl3FN4O2Si/c1-19(2,3)31(5,6)30-10-11-20(4,29)8-7-9-28(11)17-12-14(25-18(23)27-17)13(24)16(22)26-15(12)21/h11,29H,7-10H2,1-6H3/t11-,20+/m1/s1. The number of rotatable bonds is 4. The lowest BCUT2D eigenvalue weighted by atomic mass is 9.86. The lowest BCUT2D eigenvalue weighted by molar-refractivity contribution is -0.00947. The zero-order valence-electron chi connectivity index (χ0n) is 18.6. The molecule has 3 heterocycles. The van der Waals surface area contributed by atoms with Crippen molar-refractivity contribution in [2.45, 2.75) is 70.3 Å². The van der Waals surface area contributed by atoms with Gasteiger partial charge in [-0.3, -0.25) is 0 Å². The molecule has 1 aliphatic heterocycles. The lowest BCUT2D eigenvalue weighted by Crippen LogP contribution is -2.59. The van der Waals surface area contributed by atoms with Crippen LogP contribution in [0.3, 0.4) is 0 Å². The normalized spacial score (nSPS) is 22.9. The fourth-order valence-corrected chi connectivity index (χ4v) is 5.21. The van der Waals surface area contributed by atoms with E-state index in [2.05, 4.69) is 48.8 Å². The molecule has 6 nitrogen and oxygen atoms in total. The number of halogens is 4. The summed E-state index contributed by atoms with van der Waals surface area (Å²) in [6.07, 6.45) is 1.30. The van der Waals surface area contributed by atoms with Crippen molar-refractivity contribution in [3.63, 3.8) is 0 Å². The Hall–Kier alpha value is -0.773. The highest BCUT2D eigenvalue weighted by Gasteiger charge is 2.44. The molecule has 2 aromatic rings. The van der Waals surface area contributed by atoms with Crippen LogP contribution in [-0.4, -0.2) is 53.2 Å². The van der Waals surface area contributed by atoms with Gasteiger partial charge in [-0.15, -0.1) is 0 Å². The van der Waals surface area contributed by atoms with Gasteiger partial charge >= 0.3 is 0 Å². The van der Waals surface area contributed by atoms with Crippen LogP contribution >= 0.6 is 34.8 Å². The molecule has 1 N–H and O–H groups in total. The highest BCUT2D eigenvalue weighted by atomic mass is 35.5. The minimum atomic E-state index is -2.09. The Labute approximate surface area is 198 Å². The second kappa shape index (κ2) is 8.54. The van der Waals surface area contributed by atoms with Gasteiger partial charge in [-0.2, -0.15) is 4.98 Å². The molecular weight excluding hydrogens is 482 g/mol. The van der Waals surface area contributed by atoms with E-state index in [1.165, 1.54) is 0 Å². The summed E-state index contributed by atoms with van der Waals surface area (Å²) in [6.45, 7) is 13.4. The monoisotopic (exact) mass is 508 g/mol. The number of aromatic nitrogens is 3. The first-order chi connectivity index (χ1) is 14.2. The molecule has 0 aliphatic carbocycles. The summed E-state index contributed by atoms with van der Waals surface area (Å²) in [5.74, 6) is -0.503. The fourth-order valence-electron chi connectivity index (χ4n) is 3.56. The minimum absolute atomic E-state index is 0.0103. The zero-order chi connectivity index (χ0) is 23.4. The Balaban J connectivity index is 2.11. The van der Waals surface area contributed by atoms with Gasteiger partial charge in [-0.1, -0.05) is 44.0 Å². The Morgan fingerprint density at radius 2 is 1.84 bits per heavy atom. The predicted octanol–water partition coefficient (Wildman–Crippen LogP) is 5.87. The number of pyridine rings is 1. The van der Waals surface area contributed by atoms with Crippen molar-refractivity contribution in [1.82, 2.24) is 15.0 Å². The molecule has 11 heteroatoms. The molecule has 31 heavy (non-hydrogen) atoms. The van der Waals surface area contributed by atoms with E-state index in [1.807, 2.05) is 4.90 Å². The summed E-state index contributed by atoms with van der Waals surface area (Å²) < 4.78 is 21.2. The number of fused-ring (bicyclic) bond motifs is 1. The Morgan fingerprint density at radius 1 is 1.19 bits per heavy atom. The van der Waals surface area contributed by atoms with E-state index in [0.29, 0.717) is 25.2 Å². The Kier molecular flexibility index (Phi) is 6.85. The summed E-state index contributed by atoms with van der Waals surface area (Å²) in [4.78, 5) is 14.1. The number of hydrogen-bond acceptors (Lipinski definition) is 6. The smallest absolute Gasteiger partial charge is 0.225 e. The topological polar surface area (TPSA) is 71.4 Å². The summed E-state index contributed by atoms with van der Waals surface area (Å²) in [5.41, 5.74) is -1.16.